The quantitative estimate of drug-likeness (QED) is 0.208. The van der Waals surface area contributed by atoms with Crippen LogP contribution < -0.4 is 0 Å². The van der Waals surface area contributed by atoms with E-state index in [-0.39, 0.29) is 6.61 Å². The van der Waals surface area contributed by atoms with E-state index >= 15 is 0 Å². The molecule has 248 valence electrons. The van der Waals surface area contributed by atoms with E-state index in [0.717, 1.165) is 60.1 Å². The minimum absolute atomic E-state index is 0.183. The molecule has 0 amide bonds. The van der Waals surface area contributed by atoms with E-state index in [2.05, 4.69) is 15.9 Å². The van der Waals surface area contributed by atoms with Crippen LogP contribution in [0.1, 0.15) is 23.1 Å². The van der Waals surface area contributed by atoms with Crippen LogP contribution in [0.4, 0.5) is 13.2 Å². The summed E-state index contributed by atoms with van der Waals surface area (Å²) >= 11 is 1.53. The summed E-state index contributed by atoms with van der Waals surface area (Å²) in [5.41, 5.74) is 1.96. The van der Waals surface area contributed by atoms with Gasteiger partial charge in [0.15, 0.2) is 0 Å². The highest BCUT2D eigenvalue weighted by atomic mass is 32.2. The SMILES string of the molecule is O=C(O)C=CC(=O)O.O=C(O)C=CC(=O)O.OCCN1CCN(CC/C=C2\c3ccccc3Sc3ccc(C(F)(F)F)cc32)CC1. The first-order valence-electron chi connectivity index (χ1n) is 13.7. The summed E-state index contributed by atoms with van der Waals surface area (Å²) in [5.74, 6) is -5.03. The first kappa shape index (κ1) is 37.7. The van der Waals surface area contributed by atoms with Crippen molar-refractivity contribution in [2.45, 2.75) is 22.4 Å². The summed E-state index contributed by atoms with van der Waals surface area (Å²) in [6.45, 7) is 5.55. The second-order valence-corrected chi connectivity index (χ2v) is 10.7. The average Bonchev–Trinajstić information content (AvgIpc) is 2.99. The lowest BCUT2D eigenvalue weighted by Crippen LogP contribution is -2.47. The number of hydrogen-bond donors (Lipinski definition) is 5. The van der Waals surface area contributed by atoms with Gasteiger partial charge in [-0.1, -0.05) is 36.0 Å². The van der Waals surface area contributed by atoms with E-state index < -0.39 is 35.6 Å². The Balaban J connectivity index is 0.000000381. The highest BCUT2D eigenvalue weighted by molar-refractivity contribution is 7.99. The maximum absolute atomic E-state index is 13.3. The van der Waals surface area contributed by atoms with Crippen molar-refractivity contribution >= 4 is 41.2 Å². The first-order valence-corrected chi connectivity index (χ1v) is 14.5. The molecule has 4 rings (SSSR count). The van der Waals surface area contributed by atoms with E-state index in [0.29, 0.717) is 36.4 Å². The van der Waals surface area contributed by atoms with Crippen LogP contribution >= 0.6 is 11.8 Å². The van der Waals surface area contributed by atoms with E-state index in [1.165, 1.54) is 23.9 Å². The molecule has 0 spiro atoms. The molecular weight excluding hydrogens is 633 g/mol. The van der Waals surface area contributed by atoms with Gasteiger partial charge in [-0.15, -0.1) is 0 Å². The molecule has 2 heterocycles. The van der Waals surface area contributed by atoms with Crippen LogP contribution in [-0.2, 0) is 25.4 Å². The van der Waals surface area contributed by atoms with Gasteiger partial charge in [0.2, 0.25) is 0 Å². The maximum atomic E-state index is 13.3. The Morgan fingerprint density at radius 1 is 0.717 bits per heavy atom. The summed E-state index contributed by atoms with van der Waals surface area (Å²) < 4.78 is 39.9. The zero-order valence-electron chi connectivity index (χ0n) is 24.4. The Labute approximate surface area is 266 Å². The fraction of sp³-hybridized carbons (Fsp3) is 0.290. The van der Waals surface area contributed by atoms with Crippen molar-refractivity contribution in [2.24, 2.45) is 0 Å². The Morgan fingerprint density at radius 2 is 1.20 bits per heavy atom. The Bertz CT molecular complexity index is 1400. The van der Waals surface area contributed by atoms with Gasteiger partial charge in [0.25, 0.3) is 0 Å². The third-order valence-corrected chi connectivity index (χ3v) is 7.56. The lowest BCUT2D eigenvalue weighted by Gasteiger charge is -2.34. The molecule has 2 aromatic carbocycles. The van der Waals surface area contributed by atoms with Crippen molar-refractivity contribution in [2.75, 3.05) is 45.9 Å². The number of nitrogens with zero attached hydrogens (tertiary/aromatic N) is 2. The molecule has 2 aromatic rings. The van der Waals surface area contributed by atoms with Crippen LogP contribution in [0.2, 0.25) is 0 Å². The highest BCUT2D eigenvalue weighted by Gasteiger charge is 2.32. The molecule has 0 unspecified atom stereocenters. The molecule has 0 aromatic heterocycles. The molecule has 1 fully saturated rings. The van der Waals surface area contributed by atoms with Gasteiger partial charge in [0.1, 0.15) is 0 Å². The Kier molecular flexibility index (Phi) is 15.2. The summed E-state index contributed by atoms with van der Waals surface area (Å²) in [7, 11) is 0. The van der Waals surface area contributed by atoms with E-state index in [1.54, 1.807) is 6.07 Å². The van der Waals surface area contributed by atoms with Crippen LogP contribution in [-0.4, -0.2) is 105 Å². The third kappa shape index (κ3) is 13.3. The zero-order chi connectivity index (χ0) is 34.3. The number of fused-ring (bicyclic) bond motifs is 2. The third-order valence-electron chi connectivity index (χ3n) is 6.41. The van der Waals surface area contributed by atoms with E-state index in [1.807, 2.05) is 24.3 Å². The van der Waals surface area contributed by atoms with Crippen LogP contribution in [0.25, 0.3) is 5.57 Å². The maximum Gasteiger partial charge on any atom is 0.416 e. The van der Waals surface area contributed by atoms with Gasteiger partial charge < -0.3 is 30.4 Å². The Morgan fingerprint density at radius 3 is 1.67 bits per heavy atom. The number of hydrogen-bond acceptors (Lipinski definition) is 8. The molecule has 5 N–H and O–H groups in total. The number of β-amino-alcohol motifs (C(OH)–C–C–N with tert-alkyl or cyclic N) is 1. The fourth-order valence-electron chi connectivity index (χ4n) is 4.32. The molecule has 0 aliphatic carbocycles. The number of piperazine rings is 1. The molecule has 0 saturated carbocycles. The van der Waals surface area contributed by atoms with Crippen molar-refractivity contribution in [3.63, 3.8) is 0 Å². The number of carboxylic acids is 4. The van der Waals surface area contributed by atoms with Gasteiger partial charge in [-0.2, -0.15) is 13.2 Å². The minimum Gasteiger partial charge on any atom is -0.478 e. The van der Waals surface area contributed by atoms with Crippen LogP contribution in [0, 0.1) is 0 Å². The van der Waals surface area contributed by atoms with Gasteiger partial charge in [0, 0.05) is 73.4 Å². The van der Waals surface area contributed by atoms with Gasteiger partial charge >= 0.3 is 30.1 Å². The summed E-state index contributed by atoms with van der Waals surface area (Å²) in [5, 5.41) is 40.3. The number of benzene rings is 2. The second kappa shape index (κ2) is 18.5. The molecule has 15 heteroatoms. The molecule has 0 atom stereocenters. The van der Waals surface area contributed by atoms with Gasteiger partial charge in [-0.25, -0.2) is 19.2 Å². The molecule has 0 bridgehead atoms. The topological polar surface area (TPSA) is 176 Å². The number of alkyl halides is 3. The number of rotatable bonds is 9. The van der Waals surface area contributed by atoms with E-state index in [9.17, 15) is 32.3 Å². The van der Waals surface area contributed by atoms with Crippen molar-refractivity contribution in [3.8, 4) is 0 Å². The lowest BCUT2D eigenvalue weighted by atomic mass is 9.94. The standard InChI is InChI=1S/C23H25F3N2OS.2C4H4O4/c24-23(25,26)17-7-8-22-20(16-17)18(19-4-1-2-6-21(19)30-22)5-3-9-27-10-12-28(13-11-27)14-15-29;2*5-3(6)1-2-4(7)8/h1-2,4-8,16,29H,3,9-15H2;2*1-2H,(H,5,6)(H,7,8)/b18-5+;;. The van der Waals surface area contributed by atoms with E-state index in [4.69, 9.17) is 25.5 Å². The van der Waals surface area contributed by atoms with Crippen LogP contribution in [0.3, 0.4) is 0 Å². The zero-order valence-corrected chi connectivity index (χ0v) is 25.2. The average molecular weight is 667 g/mol. The fourth-order valence-corrected chi connectivity index (χ4v) is 5.41. The van der Waals surface area contributed by atoms with Gasteiger partial charge in [0.05, 0.1) is 12.2 Å². The number of aliphatic hydroxyl groups excluding tert-OH is 1. The second-order valence-electron chi connectivity index (χ2n) is 9.64. The monoisotopic (exact) mass is 666 g/mol. The molecule has 0 radical (unpaired) electrons. The van der Waals surface area contributed by atoms with Crippen LogP contribution in [0.15, 0.2) is 82.6 Å². The predicted octanol–water partition coefficient (Wildman–Crippen LogP) is 4.03. The number of aliphatic hydroxyl groups is 1. The number of halogens is 3. The number of aliphatic carboxylic acids is 4. The molecule has 46 heavy (non-hydrogen) atoms. The first-order chi connectivity index (χ1) is 21.7. The van der Waals surface area contributed by atoms with Crippen molar-refractivity contribution in [1.29, 1.82) is 0 Å². The summed E-state index contributed by atoms with van der Waals surface area (Å²) in [6, 6.07) is 12.0. The van der Waals surface area contributed by atoms with Crippen molar-refractivity contribution in [1.82, 2.24) is 9.80 Å². The Hall–Kier alpha value is -4.44. The molecule has 2 aliphatic rings. The summed E-state index contributed by atoms with van der Waals surface area (Å²) in [6.07, 6.45) is 0.757. The minimum atomic E-state index is -4.35. The van der Waals surface area contributed by atoms with Gasteiger partial charge in [-0.3, -0.25) is 4.90 Å². The lowest BCUT2D eigenvalue weighted by molar-refractivity contribution is -0.137. The van der Waals surface area contributed by atoms with Crippen molar-refractivity contribution < 1.29 is 57.9 Å². The molecule has 11 nitrogen and oxygen atoms in total. The van der Waals surface area contributed by atoms with Gasteiger partial charge in [-0.05, 0) is 47.4 Å². The smallest absolute Gasteiger partial charge is 0.416 e. The number of carbonyl (C=O) groups is 4. The highest BCUT2D eigenvalue weighted by Crippen LogP contribution is 2.47. The molecule has 2 aliphatic heterocycles. The largest absolute Gasteiger partial charge is 0.478 e. The van der Waals surface area contributed by atoms with Crippen molar-refractivity contribution in [3.05, 3.63) is 89.5 Å². The predicted molar refractivity (Wildman–Crippen MR) is 162 cm³/mol. The van der Waals surface area contributed by atoms with Crippen LogP contribution in [0.5, 0.6) is 0 Å². The normalized spacial score (nSPS) is 15.7. The molecular formula is C31H33F3N2O9S. The summed E-state index contributed by atoms with van der Waals surface area (Å²) in [4.78, 5) is 44.8. The molecule has 1 saturated heterocycles. The number of carboxylic acid groups (broad SMARTS) is 4.